The number of aliphatic imine (C=N–C) groups is 1. The maximum absolute atomic E-state index is 15.5. The van der Waals surface area contributed by atoms with Crippen LogP contribution in [0.4, 0.5) is 20.3 Å². The molecule has 2 saturated heterocycles. The van der Waals surface area contributed by atoms with E-state index in [1.807, 2.05) is 25.3 Å². The second-order valence-electron chi connectivity index (χ2n) is 11.9. The van der Waals surface area contributed by atoms with E-state index in [1.54, 1.807) is 17.9 Å². The molecule has 44 heavy (non-hydrogen) atoms. The van der Waals surface area contributed by atoms with Gasteiger partial charge in [0.15, 0.2) is 0 Å². The number of likely N-dealkylation sites (N-methyl/N-ethyl adjacent to an activating group) is 1. The number of ether oxygens (including phenoxy) is 1. The number of carbonyl (C=O) groups is 1. The highest BCUT2D eigenvalue weighted by atomic mass is 19.1. The van der Waals surface area contributed by atoms with Gasteiger partial charge in [0.05, 0.1) is 36.2 Å². The fourth-order valence-electron chi connectivity index (χ4n) is 6.41. The van der Waals surface area contributed by atoms with Crippen LogP contribution >= 0.6 is 0 Å². The number of aromatic nitrogens is 2. The van der Waals surface area contributed by atoms with Crippen molar-refractivity contribution in [1.82, 2.24) is 19.8 Å². The molecule has 1 unspecified atom stereocenters. The number of nitrogens with zero attached hydrogens (tertiary/aromatic N) is 5. The number of amides is 1. The van der Waals surface area contributed by atoms with Gasteiger partial charge in [0.1, 0.15) is 23.3 Å². The van der Waals surface area contributed by atoms with Gasteiger partial charge in [-0.05, 0) is 67.6 Å². The van der Waals surface area contributed by atoms with E-state index < -0.39 is 11.6 Å². The van der Waals surface area contributed by atoms with E-state index in [-0.39, 0.29) is 29.1 Å². The number of morpholine rings is 1. The first-order chi connectivity index (χ1) is 21.3. The minimum Gasteiger partial charge on any atom is -0.378 e. The number of piperazine rings is 1. The van der Waals surface area contributed by atoms with Crippen molar-refractivity contribution in [2.24, 2.45) is 10.9 Å². The van der Waals surface area contributed by atoms with Gasteiger partial charge in [0.25, 0.3) is 5.91 Å². The van der Waals surface area contributed by atoms with E-state index in [9.17, 15) is 9.18 Å². The molecule has 1 amide bonds. The van der Waals surface area contributed by atoms with Gasteiger partial charge in [-0.1, -0.05) is 13.8 Å². The van der Waals surface area contributed by atoms with Crippen LogP contribution in [0.3, 0.4) is 0 Å². The number of aromatic amines is 1. The second-order valence-corrected chi connectivity index (χ2v) is 11.9. The first-order valence-electron chi connectivity index (χ1n) is 15.6. The number of dihydropyridines is 1. The largest absolute Gasteiger partial charge is 0.378 e. The standard InChI is InChI=1S/C33H41F2N7O2/c1-4-40-9-11-41(12-10-40)24-6-8-28(36-20-24)39-32-29(33(43)42-13-15-44-16-14-42)25(21(2)19-37-32)7-5-23-18-27(34)31-26(30(23)35)17-22(3)38-31/h6,8,17-18,20-21,38H,4-5,7,9-16,19H2,1-3H3,(H,36,37,39). The lowest BCUT2D eigenvalue weighted by Gasteiger charge is -2.35. The molecule has 0 radical (unpaired) electrons. The predicted molar refractivity (Wildman–Crippen MR) is 169 cm³/mol. The van der Waals surface area contributed by atoms with Crippen LogP contribution in [0.15, 0.2) is 46.6 Å². The molecular formula is C33H41F2N7O2. The summed E-state index contributed by atoms with van der Waals surface area (Å²) in [6.45, 7) is 13.4. The Morgan fingerprint density at radius 2 is 1.86 bits per heavy atom. The Morgan fingerprint density at radius 3 is 2.57 bits per heavy atom. The number of amidine groups is 1. The Kier molecular flexibility index (Phi) is 8.95. The number of hydrogen-bond donors (Lipinski definition) is 2. The molecule has 1 aromatic carbocycles. The quantitative estimate of drug-likeness (QED) is 0.411. The Labute approximate surface area is 257 Å². The fourth-order valence-corrected chi connectivity index (χ4v) is 6.41. The van der Waals surface area contributed by atoms with Gasteiger partial charge in [0, 0.05) is 56.9 Å². The Hall–Kier alpha value is -3.83. The summed E-state index contributed by atoms with van der Waals surface area (Å²) in [6.07, 6.45) is 2.52. The van der Waals surface area contributed by atoms with Gasteiger partial charge in [-0.3, -0.25) is 9.79 Å². The van der Waals surface area contributed by atoms with Gasteiger partial charge in [-0.2, -0.15) is 0 Å². The second kappa shape index (κ2) is 13.0. The van der Waals surface area contributed by atoms with E-state index in [0.29, 0.717) is 67.8 Å². The Bertz CT molecular complexity index is 1570. The van der Waals surface area contributed by atoms with E-state index in [1.165, 1.54) is 6.07 Å². The highest BCUT2D eigenvalue weighted by Gasteiger charge is 2.32. The minimum atomic E-state index is -0.481. The van der Waals surface area contributed by atoms with Crippen molar-refractivity contribution in [3.8, 4) is 0 Å². The number of anilines is 2. The summed E-state index contributed by atoms with van der Waals surface area (Å²) in [5.74, 6) is -0.00975. The molecule has 2 aromatic heterocycles. The van der Waals surface area contributed by atoms with E-state index in [2.05, 4.69) is 32.0 Å². The number of carbonyl (C=O) groups excluding carboxylic acids is 1. The summed E-state index contributed by atoms with van der Waals surface area (Å²) >= 11 is 0. The molecule has 11 heteroatoms. The van der Waals surface area contributed by atoms with Crippen molar-refractivity contribution in [2.75, 3.05) is 75.8 Å². The topological polar surface area (TPSA) is 89.1 Å². The van der Waals surface area contributed by atoms with Gasteiger partial charge in [-0.25, -0.2) is 13.8 Å². The summed E-state index contributed by atoms with van der Waals surface area (Å²) in [5, 5.41) is 3.58. The highest BCUT2D eigenvalue weighted by molar-refractivity contribution is 6.26. The molecule has 9 nitrogen and oxygen atoms in total. The summed E-state index contributed by atoms with van der Waals surface area (Å²) in [5.41, 5.74) is 3.61. The van der Waals surface area contributed by atoms with Crippen LogP contribution in [0.1, 0.15) is 31.5 Å². The average Bonchev–Trinajstić information content (AvgIpc) is 3.46. The summed E-state index contributed by atoms with van der Waals surface area (Å²) in [7, 11) is 0. The van der Waals surface area contributed by atoms with Gasteiger partial charge < -0.3 is 29.7 Å². The molecule has 0 bridgehead atoms. The number of pyridine rings is 1. The van der Waals surface area contributed by atoms with Crippen LogP contribution in [0.25, 0.3) is 10.9 Å². The van der Waals surface area contributed by atoms with Crippen LogP contribution in [-0.2, 0) is 16.0 Å². The minimum absolute atomic E-state index is 0.0381. The van der Waals surface area contributed by atoms with Crippen molar-refractivity contribution < 1.29 is 18.3 Å². The summed E-state index contributed by atoms with van der Waals surface area (Å²) < 4.78 is 35.9. The zero-order chi connectivity index (χ0) is 30.8. The number of H-pyrrole nitrogens is 1. The Morgan fingerprint density at radius 1 is 1.09 bits per heavy atom. The first-order valence-corrected chi connectivity index (χ1v) is 15.6. The normalized spacial score (nSPS) is 19.9. The smallest absolute Gasteiger partial charge is 0.257 e. The van der Waals surface area contributed by atoms with E-state index in [4.69, 9.17) is 9.73 Å². The van der Waals surface area contributed by atoms with Crippen LogP contribution in [-0.4, -0.2) is 97.1 Å². The number of rotatable bonds is 7. The van der Waals surface area contributed by atoms with E-state index in [0.717, 1.165) is 44.0 Å². The number of fused-ring (bicyclic) bond motifs is 1. The Balaban J connectivity index is 1.27. The molecule has 6 rings (SSSR count). The summed E-state index contributed by atoms with van der Waals surface area (Å²) in [4.78, 5) is 33.0. The number of benzene rings is 1. The lowest BCUT2D eigenvalue weighted by atomic mass is 9.86. The molecule has 0 aliphatic carbocycles. The molecule has 0 saturated carbocycles. The molecule has 3 aliphatic rings. The molecule has 3 aromatic rings. The third-order valence-electron chi connectivity index (χ3n) is 9.04. The lowest BCUT2D eigenvalue weighted by molar-refractivity contribution is -0.130. The SMILES string of the molecule is CCN1CCN(c2ccc(NC3=NCC(C)C(CCc4cc(F)c5[nH]c(C)cc5c4F)=C3C(=O)N3CCOCC3)nc2)CC1. The van der Waals surface area contributed by atoms with Gasteiger partial charge in [-0.15, -0.1) is 0 Å². The number of aryl methyl sites for hydroxylation is 2. The highest BCUT2D eigenvalue weighted by Crippen LogP contribution is 2.31. The maximum Gasteiger partial charge on any atom is 0.257 e. The molecular weight excluding hydrogens is 564 g/mol. The zero-order valence-corrected chi connectivity index (χ0v) is 25.8. The van der Waals surface area contributed by atoms with Crippen molar-refractivity contribution in [2.45, 2.75) is 33.6 Å². The average molecular weight is 606 g/mol. The van der Waals surface area contributed by atoms with Crippen molar-refractivity contribution >= 4 is 34.2 Å². The van der Waals surface area contributed by atoms with Crippen molar-refractivity contribution in [1.29, 1.82) is 0 Å². The van der Waals surface area contributed by atoms with Gasteiger partial charge >= 0.3 is 0 Å². The molecule has 3 aliphatic heterocycles. The number of nitrogens with one attached hydrogen (secondary N) is 2. The van der Waals surface area contributed by atoms with Crippen molar-refractivity contribution in [3.63, 3.8) is 0 Å². The predicted octanol–water partition coefficient (Wildman–Crippen LogP) is 4.54. The molecule has 234 valence electrons. The van der Waals surface area contributed by atoms with Crippen LogP contribution in [0, 0.1) is 24.5 Å². The molecule has 0 spiro atoms. The van der Waals surface area contributed by atoms with Crippen LogP contribution in [0.2, 0.25) is 0 Å². The molecule has 5 heterocycles. The zero-order valence-electron chi connectivity index (χ0n) is 25.8. The first kappa shape index (κ1) is 30.2. The fraction of sp³-hybridized carbons (Fsp3) is 0.485. The van der Waals surface area contributed by atoms with E-state index >= 15 is 4.39 Å². The van der Waals surface area contributed by atoms with Crippen LogP contribution in [0.5, 0.6) is 0 Å². The van der Waals surface area contributed by atoms with Gasteiger partial charge in [0.2, 0.25) is 0 Å². The lowest BCUT2D eigenvalue weighted by Crippen LogP contribution is -2.46. The molecule has 1 atom stereocenters. The summed E-state index contributed by atoms with van der Waals surface area (Å²) in [6, 6.07) is 6.87. The molecule has 2 fully saturated rings. The van der Waals surface area contributed by atoms with Crippen molar-refractivity contribution in [3.05, 3.63) is 64.5 Å². The number of halogens is 2. The third-order valence-corrected chi connectivity index (χ3v) is 9.04. The molecule has 2 N–H and O–H groups in total. The maximum atomic E-state index is 15.5. The third kappa shape index (κ3) is 6.21. The number of hydrogen-bond acceptors (Lipinski definition) is 7. The van der Waals surface area contributed by atoms with Crippen LogP contribution < -0.4 is 10.2 Å². The monoisotopic (exact) mass is 605 g/mol.